The number of ether oxygens (including phenoxy) is 2. The molecule has 0 unspecified atom stereocenters. The zero-order valence-electron chi connectivity index (χ0n) is 22.5. The highest BCUT2D eigenvalue weighted by Crippen LogP contribution is 2.38. The Labute approximate surface area is 236 Å². The summed E-state index contributed by atoms with van der Waals surface area (Å²) in [4.78, 5) is 57.6. The minimum absolute atomic E-state index is 0.00112. The molecule has 0 radical (unpaired) electrons. The Morgan fingerprint density at radius 3 is 2.51 bits per heavy atom. The molecule has 2 aliphatic heterocycles. The number of hydrogen-bond donors (Lipinski definition) is 2. The molecule has 2 aromatic carbocycles. The summed E-state index contributed by atoms with van der Waals surface area (Å²) in [5, 5.41) is 2.73. The second kappa shape index (κ2) is 10.6. The molecule has 41 heavy (non-hydrogen) atoms. The fourth-order valence-corrected chi connectivity index (χ4v) is 5.55. The van der Waals surface area contributed by atoms with Gasteiger partial charge in [0.2, 0.25) is 5.91 Å². The third-order valence-electron chi connectivity index (χ3n) is 7.67. The van der Waals surface area contributed by atoms with Crippen LogP contribution < -0.4 is 25.4 Å². The number of pyridine rings is 1. The van der Waals surface area contributed by atoms with E-state index in [1.165, 1.54) is 12.3 Å². The van der Waals surface area contributed by atoms with Gasteiger partial charge in [-0.2, -0.15) is 0 Å². The Hall–Kier alpha value is -4.93. The smallest absolute Gasteiger partial charge is 0.263 e. The number of nitrogens with two attached hydrogens (primary N) is 1. The van der Waals surface area contributed by atoms with Gasteiger partial charge in [-0.05, 0) is 61.1 Å². The van der Waals surface area contributed by atoms with Crippen LogP contribution in [0.4, 0.5) is 11.5 Å². The van der Waals surface area contributed by atoms with Crippen molar-refractivity contribution in [1.29, 1.82) is 0 Å². The summed E-state index contributed by atoms with van der Waals surface area (Å²) in [6, 6.07) is 12.3. The number of imide groups is 1. The van der Waals surface area contributed by atoms with Gasteiger partial charge in [-0.3, -0.25) is 24.1 Å². The molecule has 6 rings (SSSR count). The minimum Gasteiger partial charge on any atom is -0.493 e. The fraction of sp³-hybridized carbons (Fsp3) is 0.300. The van der Waals surface area contributed by atoms with Crippen LogP contribution in [-0.4, -0.2) is 53.3 Å². The molecule has 4 amide bonds. The standard InChI is InChI=1S/C30H29N5O6/c1-40-24-9-8-19(11-25(24)41-20-4-2-3-5-20)34-16-18-7-6-17(10-21(18)28(34)37)15-35-29(38)22-12-27(33-14-26(31)36)32-13-23(22)30(35)39/h6-13,20H,2-5,14-16H2,1H3,(H2,31,36)(H,32,33). The normalized spacial score (nSPS) is 16.3. The van der Waals surface area contributed by atoms with Crippen LogP contribution in [0.5, 0.6) is 11.5 Å². The van der Waals surface area contributed by atoms with Crippen LogP contribution in [0.25, 0.3) is 0 Å². The molecule has 1 saturated carbocycles. The predicted molar refractivity (Wildman–Crippen MR) is 149 cm³/mol. The van der Waals surface area contributed by atoms with Crippen molar-refractivity contribution < 1.29 is 28.7 Å². The zero-order valence-corrected chi connectivity index (χ0v) is 22.5. The summed E-state index contributed by atoms with van der Waals surface area (Å²) in [7, 11) is 1.60. The SMILES string of the molecule is COc1ccc(N2Cc3ccc(CN4C(=O)c5cnc(NCC(N)=O)cc5C4=O)cc3C2=O)cc1OC1CCCC1. The number of benzene rings is 2. The number of amides is 4. The Bertz CT molecular complexity index is 1580. The van der Waals surface area contributed by atoms with Gasteiger partial charge in [0.15, 0.2) is 11.5 Å². The summed E-state index contributed by atoms with van der Waals surface area (Å²) in [6.07, 6.45) is 5.73. The first-order valence-electron chi connectivity index (χ1n) is 13.5. The molecule has 1 aliphatic carbocycles. The highest BCUT2D eigenvalue weighted by atomic mass is 16.5. The van der Waals surface area contributed by atoms with Gasteiger partial charge in [0.05, 0.1) is 44.0 Å². The summed E-state index contributed by atoms with van der Waals surface area (Å²) in [6.45, 7) is 0.242. The number of aromatic nitrogens is 1. The number of anilines is 2. The van der Waals surface area contributed by atoms with Gasteiger partial charge in [0, 0.05) is 23.5 Å². The highest BCUT2D eigenvalue weighted by Gasteiger charge is 2.37. The molecular weight excluding hydrogens is 526 g/mol. The van der Waals surface area contributed by atoms with Gasteiger partial charge in [-0.25, -0.2) is 4.98 Å². The van der Waals surface area contributed by atoms with E-state index in [9.17, 15) is 19.2 Å². The van der Waals surface area contributed by atoms with Gasteiger partial charge in [-0.15, -0.1) is 0 Å². The Morgan fingerprint density at radius 2 is 1.76 bits per heavy atom. The van der Waals surface area contributed by atoms with E-state index in [-0.39, 0.29) is 42.0 Å². The van der Waals surface area contributed by atoms with Crippen molar-refractivity contribution in [1.82, 2.24) is 9.88 Å². The number of primary amides is 1. The minimum atomic E-state index is -0.578. The van der Waals surface area contributed by atoms with Crippen LogP contribution in [0, 0.1) is 0 Å². The Kier molecular flexibility index (Phi) is 6.78. The third kappa shape index (κ3) is 4.94. The fourth-order valence-electron chi connectivity index (χ4n) is 5.55. The molecule has 0 atom stereocenters. The number of hydrogen-bond acceptors (Lipinski definition) is 8. The van der Waals surface area contributed by atoms with Crippen LogP contribution in [0.15, 0.2) is 48.7 Å². The molecule has 3 aliphatic rings. The number of nitrogens with one attached hydrogen (secondary N) is 1. The maximum atomic E-state index is 13.5. The van der Waals surface area contributed by atoms with E-state index in [1.807, 2.05) is 30.3 Å². The molecule has 0 spiro atoms. The molecule has 1 fully saturated rings. The largest absolute Gasteiger partial charge is 0.493 e. The lowest BCUT2D eigenvalue weighted by Gasteiger charge is -2.20. The first-order valence-corrected chi connectivity index (χ1v) is 13.5. The summed E-state index contributed by atoms with van der Waals surface area (Å²) in [5.41, 5.74) is 8.24. The monoisotopic (exact) mass is 555 g/mol. The van der Waals surface area contributed by atoms with E-state index in [1.54, 1.807) is 18.1 Å². The van der Waals surface area contributed by atoms with E-state index in [0.29, 0.717) is 34.9 Å². The van der Waals surface area contributed by atoms with E-state index >= 15 is 0 Å². The Balaban J connectivity index is 1.19. The predicted octanol–water partition coefficient (Wildman–Crippen LogP) is 3.27. The van der Waals surface area contributed by atoms with Gasteiger partial charge in [0.1, 0.15) is 5.82 Å². The van der Waals surface area contributed by atoms with Crippen molar-refractivity contribution in [2.75, 3.05) is 23.9 Å². The van der Waals surface area contributed by atoms with Gasteiger partial charge in [-0.1, -0.05) is 12.1 Å². The molecule has 3 aromatic rings. The van der Waals surface area contributed by atoms with Crippen molar-refractivity contribution in [2.24, 2.45) is 5.73 Å². The number of carbonyl (C=O) groups excluding carboxylic acids is 4. The summed E-state index contributed by atoms with van der Waals surface area (Å²) in [5.74, 6) is -0.185. The van der Waals surface area contributed by atoms with Crippen molar-refractivity contribution in [3.8, 4) is 11.5 Å². The second-order valence-corrected chi connectivity index (χ2v) is 10.4. The van der Waals surface area contributed by atoms with Crippen LogP contribution in [-0.2, 0) is 17.9 Å². The number of rotatable bonds is 9. The first-order chi connectivity index (χ1) is 19.8. The van der Waals surface area contributed by atoms with E-state index in [2.05, 4.69) is 10.3 Å². The van der Waals surface area contributed by atoms with E-state index < -0.39 is 17.7 Å². The molecular formula is C30H29N5O6. The first kappa shape index (κ1) is 26.3. The van der Waals surface area contributed by atoms with Crippen molar-refractivity contribution >= 4 is 35.1 Å². The number of fused-ring (bicyclic) bond motifs is 2. The zero-order chi connectivity index (χ0) is 28.7. The molecule has 0 saturated heterocycles. The average molecular weight is 556 g/mol. The molecule has 210 valence electrons. The molecule has 3 heterocycles. The summed E-state index contributed by atoms with van der Waals surface area (Å²) < 4.78 is 11.7. The quantitative estimate of drug-likeness (QED) is 0.383. The Morgan fingerprint density at radius 1 is 0.976 bits per heavy atom. The van der Waals surface area contributed by atoms with Gasteiger partial charge >= 0.3 is 0 Å². The number of nitrogens with zero attached hydrogens (tertiary/aromatic N) is 3. The lowest BCUT2D eigenvalue weighted by molar-refractivity contribution is -0.116. The summed E-state index contributed by atoms with van der Waals surface area (Å²) >= 11 is 0. The second-order valence-electron chi connectivity index (χ2n) is 10.4. The van der Waals surface area contributed by atoms with Crippen LogP contribution in [0.3, 0.4) is 0 Å². The third-order valence-corrected chi connectivity index (χ3v) is 7.67. The van der Waals surface area contributed by atoms with Crippen molar-refractivity contribution in [3.63, 3.8) is 0 Å². The van der Waals surface area contributed by atoms with Gasteiger partial charge < -0.3 is 25.4 Å². The topological polar surface area (TPSA) is 144 Å². The number of carbonyl (C=O) groups is 4. The van der Waals surface area contributed by atoms with Crippen LogP contribution in [0.1, 0.15) is 67.9 Å². The molecule has 0 bridgehead atoms. The van der Waals surface area contributed by atoms with Gasteiger partial charge in [0.25, 0.3) is 17.7 Å². The van der Waals surface area contributed by atoms with Crippen LogP contribution in [0.2, 0.25) is 0 Å². The maximum Gasteiger partial charge on any atom is 0.263 e. The molecule has 3 N–H and O–H groups in total. The van der Waals surface area contributed by atoms with Crippen molar-refractivity contribution in [3.05, 3.63) is 76.5 Å². The van der Waals surface area contributed by atoms with Crippen LogP contribution >= 0.6 is 0 Å². The lowest BCUT2D eigenvalue weighted by Crippen LogP contribution is -2.29. The van der Waals surface area contributed by atoms with Crippen molar-refractivity contribution in [2.45, 2.75) is 44.9 Å². The lowest BCUT2D eigenvalue weighted by atomic mass is 10.1. The molecule has 1 aromatic heterocycles. The molecule has 11 heteroatoms. The molecule has 11 nitrogen and oxygen atoms in total. The average Bonchev–Trinajstić information content (AvgIpc) is 3.66. The van der Waals surface area contributed by atoms with E-state index in [4.69, 9.17) is 15.2 Å². The maximum absolute atomic E-state index is 13.5. The van der Waals surface area contributed by atoms with E-state index in [0.717, 1.165) is 36.1 Å². The number of methoxy groups -OCH3 is 1. The highest BCUT2D eigenvalue weighted by molar-refractivity contribution is 6.21.